The minimum absolute atomic E-state index is 0.142. The van der Waals surface area contributed by atoms with Gasteiger partial charge in [0.1, 0.15) is 6.04 Å². The van der Waals surface area contributed by atoms with Gasteiger partial charge in [0.15, 0.2) is 0 Å². The second-order valence-corrected chi connectivity index (χ2v) is 3.03. The quantitative estimate of drug-likeness (QED) is 0.706. The van der Waals surface area contributed by atoms with Gasteiger partial charge < -0.3 is 15.0 Å². The maximum Gasteiger partial charge on any atom is 0.325 e. The lowest BCUT2D eigenvalue weighted by atomic mass is 10.1. The van der Waals surface area contributed by atoms with E-state index in [-0.39, 0.29) is 12.0 Å². The molecule has 0 amide bonds. The van der Waals surface area contributed by atoms with Gasteiger partial charge in [-0.2, -0.15) is 0 Å². The maximum atomic E-state index is 11.3. The normalized spacial score (nSPS) is 14.8. The molecule has 2 N–H and O–H groups in total. The van der Waals surface area contributed by atoms with E-state index < -0.39 is 6.04 Å². The van der Waals surface area contributed by atoms with Crippen molar-refractivity contribution in [1.29, 1.82) is 0 Å². The van der Waals surface area contributed by atoms with Gasteiger partial charge in [0.2, 0.25) is 0 Å². The molecule has 1 rings (SSSR count). The largest absolute Gasteiger partial charge is 0.465 e. The molecule has 0 bridgehead atoms. The van der Waals surface area contributed by atoms with Gasteiger partial charge in [0.05, 0.1) is 19.0 Å². The fourth-order valence-corrected chi connectivity index (χ4v) is 1.13. The van der Waals surface area contributed by atoms with Gasteiger partial charge in [-0.1, -0.05) is 0 Å². The maximum absolute atomic E-state index is 11.3. The zero-order valence-corrected chi connectivity index (χ0v) is 8.38. The van der Waals surface area contributed by atoms with Crippen molar-refractivity contribution in [2.45, 2.75) is 25.9 Å². The van der Waals surface area contributed by atoms with Gasteiger partial charge in [-0.25, -0.2) is 4.98 Å². The van der Waals surface area contributed by atoms with Crippen LogP contribution in [0.3, 0.4) is 0 Å². The molecule has 0 aliphatic heterocycles. The highest BCUT2D eigenvalue weighted by atomic mass is 16.5. The molecule has 0 saturated carbocycles. The van der Waals surface area contributed by atoms with Crippen LogP contribution in [0.25, 0.3) is 0 Å². The Morgan fingerprint density at radius 1 is 1.71 bits per heavy atom. The van der Waals surface area contributed by atoms with Crippen LogP contribution >= 0.6 is 0 Å². The third kappa shape index (κ3) is 2.32. The van der Waals surface area contributed by atoms with Gasteiger partial charge in [-0.3, -0.25) is 4.79 Å². The summed E-state index contributed by atoms with van der Waals surface area (Å²) >= 11 is 0. The molecule has 1 aromatic rings. The molecular formula is C9H15N3O2. The smallest absolute Gasteiger partial charge is 0.325 e. The molecule has 0 spiro atoms. The lowest BCUT2D eigenvalue weighted by molar-refractivity contribution is -0.145. The lowest BCUT2D eigenvalue weighted by Gasteiger charge is -2.19. The van der Waals surface area contributed by atoms with E-state index in [9.17, 15) is 4.79 Å². The van der Waals surface area contributed by atoms with Crippen LogP contribution in [-0.4, -0.2) is 28.2 Å². The van der Waals surface area contributed by atoms with Crippen molar-refractivity contribution in [1.82, 2.24) is 9.55 Å². The van der Waals surface area contributed by atoms with E-state index in [1.165, 1.54) is 0 Å². The first-order chi connectivity index (χ1) is 6.66. The van der Waals surface area contributed by atoms with Crippen molar-refractivity contribution in [3.05, 3.63) is 18.7 Å². The summed E-state index contributed by atoms with van der Waals surface area (Å²) in [6.07, 6.45) is 5.04. The van der Waals surface area contributed by atoms with Crippen molar-refractivity contribution in [3.8, 4) is 0 Å². The van der Waals surface area contributed by atoms with E-state index in [0.29, 0.717) is 6.61 Å². The van der Waals surface area contributed by atoms with Crippen LogP contribution < -0.4 is 5.73 Å². The van der Waals surface area contributed by atoms with E-state index >= 15 is 0 Å². The highest BCUT2D eigenvalue weighted by molar-refractivity contribution is 5.76. The molecule has 0 saturated heterocycles. The van der Waals surface area contributed by atoms with E-state index in [0.717, 1.165) is 0 Å². The topological polar surface area (TPSA) is 70.1 Å². The van der Waals surface area contributed by atoms with E-state index in [4.69, 9.17) is 10.5 Å². The van der Waals surface area contributed by atoms with Crippen LogP contribution in [0.1, 0.15) is 19.9 Å². The van der Waals surface area contributed by atoms with Crippen LogP contribution in [0.4, 0.5) is 0 Å². The zero-order valence-electron chi connectivity index (χ0n) is 8.38. The number of carbonyl (C=O) groups is 1. The first-order valence-electron chi connectivity index (χ1n) is 4.56. The molecule has 1 heterocycles. The molecular weight excluding hydrogens is 182 g/mol. The van der Waals surface area contributed by atoms with Gasteiger partial charge in [0, 0.05) is 12.4 Å². The number of imidazole rings is 1. The standard InChI is InChI=1S/C9H15N3O2/c1-3-14-9(13)8(10)7(2)12-5-4-11-6-12/h4-8H,3,10H2,1-2H3. The number of nitrogens with zero attached hydrogens (tertiary/aromatic N) is 2. The SMILES string of the molecule is CCOC(=O)C(N)C(C)n1ccnc1. The lowest BCUT2D eigenvalue weighted by Crippen LogP contribution is -2.39. The van der Waals surface area contributed by atoms with Gasteiger partial charge in [-0.05, 0) is 13.8 Å². The molecule has 0 fully saturated rings. The number of aromatic nitrogens is 2. The van der Waals surface area contributed by atoms with Crippen LogP contribution in [0, 0.1) is 0 Å². The summed E-state index contributed by atoms with van der Waals surface area (Å²) in [5.41, 5.74) is 5.71. The summed E-state index contributed by atoms with van der Waals surface area (Å²) < 4.78 is 6.60. The number of hydrogen-bond donors (Lipinski definition) is 1. The summed E-state index contributed by atoms with van der Waals surface area (Å²) in [5.74, 6) is -0.381. The van der Waals surface area contributed by atoms with Crippen LogP contribution in [-0.2, 0) is 9.53 Å². The predicted molar refractivity (Wildman–Crippen MR) is 51.5 cm³/mol. The molecule has 0 radical (unpaired) electrons. The van der Waals surface area contributed by atoms with Crippen molar-refractivity contribution in [2.75, 3.05) is 6.61 Å². The van der Waals surface area contributed by atoms with Crippen LogP contribution in [0.2, 0.25) is 0 Å². The van der Waals surface area contributed by atoms with Gasteiger partial charge >= 0.3 is 5.97 Å². The summed E-state index contributed by atoms with van der Waals surface area (Å²) in [4.78, 5) is 15.2. The Kier molecular flexibility index (Phi) is 3.64. The molecule has 0 aliphatic rings. The molecule has 14 heavy (non-hydrogen) atoms. The number of rotatable bonds is 4. The minimum atomic E-state index is -0.649. The summed E-state index contributed by atoms with van der Waals surface area (Å²) in [6, 6.07) is -0.791. The second kappa shape index (κ2) is 4.76. The molecule has 5 heteroatoms. The molecule has 1 aromatic heterocycles. The average Bonchev–Trinajstić information content (AvgIpc) is 2.68. The number of nitrogens with two attached hydrogens (primary N) is 1. The van der Waals surface area contributed by atoms with E-state index in [1.54, 1.807) is 30.2 Å². The summed E-state index contributed by atoms with van der Waals surface area (Å²) in [6.45, 7) is 3.96. The molecule has 0 aliphatic carbocycles. The number of ether oxygens (including phenoxy) is 1. The van der Waals surface area contributed by atoms with E-state index in [1.807, 2.05) is 6.92 Å². The molecule has 0 aromatic carbocycles. The molecule has 5 nitrogen and oxygen atoms in total. The minimum Gasteiger partial charge on any atom is -0.465 e. The predicted octanol–water partition coefficient (Wildman–Crippen LogP) is 0.334. The Morgan fingerprint density at radius 3 is 2.93 bits per heavy atom. The highest BCUT2D eigenvalue weighted by Gasteiger charge is 2.22. The Bertz CT molecular complexity index is 284. The fourth-order valence-electron chi connectivity index (χ4n) is 1.13. The number of hydrogen-bond acceptors (Lipinski definition) is 4. The second-order valence-electron chi connectivity index (χ2n) is 3.03. The average molecular weight is 197 g/mol. The Balaban J connectivity index is 2.61. The van der Waals surface area contributed by atoms with E-state index in [2.05, 4.69) is 4.98 Å². The molecule has 78 valence electrons. The van der Waals surface area contributed by atoms with Crippen molar-refractivity contribution >= 4 is 5.97 Å². The van der Waals surface area contributed by atoms with Crippen LogP contribution in [0.5, 0.6) is 0 Å². The monoisotopic (exact) mass is 197 g/mol. The van der Waals surface area contributed by atoms with Gasteiger partial charge in [0.25, 0.3) is 0 Å². The first kappa shape index (κ1) is 10.7. The van der Waals surface area contributed by atoms with Gasteiger partial charge in [-0.15, -0.1) is 0 Å². The van der Waals surface area contributed by atoms with Crippen LogP contribution in [0.15, 0.2) is 18.7 Å². The number of esters is 1. The summed E-state index contributed by atoms with van der Waals surface area (Å²) in [5, 5.41) is 0. The highest BCUT2D eigenvalue weighted by Crippen LogP contribution is 2.09. The zero-order chi connectivity index (χ0) is 10.6. The summed E-state index contributed by atoms with van der Waals surface area (Å²) in [7, 11) is 0. The molecule has 2 atom stereocenters. The molecule has 2 unspecified atom stereocenters. The third-order valence-electron chi connectivity index (χ3n) is 2.07. The third-order valence-corrected chi connectivity index (χ3v) is 2.07. The first-order valence-corrected chi connectivity index (χ1v) is 4.56. The van der Waals surface area contributed by atoms with Crippen molar-refractivity contribution < 1.29 is 9.53 Å². The van der Waals surface area contributed by atoms with Crippen molar-refractivity contribution in [3.63, 3.8) is 0 Å². The fraction of sp³-hybridized carbons (Fsp3) is 0.556. The number of carbonyl (C=O) groups excluding carboxylic acids is 1. The Labute approximate surface area is 82.9 Å². The Hall–Kier alpha value is -1.36. The Morgan fingerprint density at radius 2 is 2.43 bits per heavy atom. The van der Waals surface area contributed by atoms with Crippen molar-refractivity contribution in [2.24, 2.45) is 5.73 Å².